The largest absolute Gasteiger partial charge is 0.315 e. The van der Waals surface area contributed by atoms with E-state index >= 15 is 0 Å². The lowest BCUT2D eigenvalue weighted by molar-refractivity contribution is -0.123. The van der Waals surface area contributed by atoms with Gasteiger partial charge in [-0.2, -0.15) is 9.57 Å². The maximum Gasteiger partial charge on any atom is 0.244 e. The van der Waals surface area contributed by atoms with Crippen molar-refractivity contribution >= 4 is 37.5 Å². The minimum Gasteiger partial charge on any atom is -0.315 e. The number of aryl methyl sites for hydroxylation is 1. The molecular formula is C21H22BrN3O3S. The Kier molecular flexibility index (Phi) is 6.42. The molecule has 0 radical (unpaired) electrons. The van der Waals surface area contributed by atoms with E-state index in [1.165, 1.54) is 16.4 Å². The molecule has 0 atom stereocenters. The summed E-state index contributed by atoms with van der Waals surface area (Å²) in [5.74, 6) is -0.245. The highest BCUT2D eigenvalue weighted by Gasteiger charge is 2.34. The van der Waals surface area contributed by atoms with Crippen LogP contribution in [0.2, 0.25) is 0 Å². The Hall–Kier alpha value is -2.21. The summed E-state index contributed by atoms with van der Waals surface area (Å²) in [7, 11) is -2.00. The topological polar surface area (TPSA) is 81.5 Å². The minimum absolute atomic E-state index is 0.00936. The Morgan fingerprint density at radius 1 is 1.21 bits per heavy atom. The van der Waals surface area contributed by atoms with Gasteiger partial charge in [0.2, 0.25) is 15.9 Å². The monoisotopic (exact) mass is 475 g/mol. The lowest BCUT2D eigenvalue weighted by Gasteiger charge is -2.33. The average Bonchev–Trinajstić information content (AvgIpc) is 2.72. The predicted molar refractivity (Wildman–Crippen MR) is 115 cm³/mol. The van der Waals surface area contributed by atoms with Gasteiger partial charge < -0.3 is 4.90 Å². The molecule has 152 valence electrons. The summed E-state index contributed by atoms with van der Waals surface area (Å²) in [6.07, 6.45) is 0.902. The van der Waals surface area contributed by atoms with Crippen LogP contribution in [0.1, 0.15) is 24.0 Å². The molecule has 0 aromatic heterocycles. The van der Waals surface area contributed by atoms with Crippen molar-refractivity contribution in [2.75, 3.05) is 25.0 Å². The van der Waals surface area contributed by atoms with Crippen LogP contribution in [0.5, 0.6) is 0 Å². The first-order chi connectivity index (χ1) is 13.8. The van der Waals surface area contributed by atoms with Gasteiger partial charge in [-0.15, -0.1) is 0 Å². The normalized spacial score (nSPS) is 15.7. The van der Waals surface area contributed by atoms with Crippen molar-refractivity contribution in [1.29, 1.82) is 5.26 Å². The Bertz CT molecular complexity index is 1070. The van der Waals surface area contributed by atoms with Crippen molar-refractivity contribution in [3.8, 4) is 6.07 Å². The van der Waals surface area contributed by atoms with E-state index in [-0.39, 0.29) is 35.4 Å². The Labute approximate surface area is 179 Å². The van der Waals surface area contributed by atoms with Gasteiger partial charge in [0.05, 0.1) is 10.5 Å². The van der Waals surface area contributed by atoms with Crippen LogP contribution in [0.15, 0.2) is 51.8 Å². The number of rotatable bonds is 4. The van der Waals surface area contributed by atoms with Crippen LogP contribution in [0.3, 0.4) is 0 Å². The summed E-state index contributed by atoms with van der Waals surface area (Å²) in [4.78, 5) is 14.6. The maximum atomic E-state index is 13.0. The quantitative estimate of drug-likeness (QED) is 0.674. The molecule has 0 aliphatic carbocycles. The van der Waals surface area contributed by atoms with Crippen molar-refractivity contribution in [1.82, 2.24) is 4.31 Å². The second-order valence-corrected chi connectivity index (χ2v) is 9.94. The first kappa shape index (κ1) is 21.5. The number of carbonyl (C=O) groups is 1. The van der Waals surface area contributed by atoms with Gasteiger partial charge in [0.15, 0.2) is 0 Å². The number of anilines is 1. The van der Waals surface area contributed by atoms with Crippen LogP contribution in [0, 0.1) is 24.2 Å². The molecule has 3 rings (SSSR count). The van der Waals surface area contributed by atoms with Gasteiger partial charge in [0, 0.05) is 36.2 Å². The molecule has 29 heavy (non-hydrogen) atoms. The summed E-state index contributed by atoms with van der Waals surface area (Å²) in [6.45, 7) is 2.46. The zero-order valence-corrected chi connectivity index (χ0v) is 18.7. The summed E-state index contributed by atoms with van der Waals surface area (Å²) in [5, 5.41) is 9.22. The molecule has 0 saturated carbocycles. The number of carbonyl (C=O) groups excluding carboxylic acids is 1. The summed E-state index contributed by atoms with van der Waals surface area (Å²) in [5.41, 5.74) is 1.97. The predicted octanol–water partition coefficient (Wildman–Crippen LogP) is 3.69. The van der Waals surface area contributed by atoms with Crippen LogP contribution in [0.25, 0.3) is 0 Å². The molecule has 6 nitrogen and oxygen atoms in total. The number of hydrogen-bond donors (Lipinski definition) is 0. The zero-order valence-electron chi connectivity index (χ0n) is 16.3. The molecule has 0 unspecified atom stereocenters. The second kappa shape index (κ2) is 8.66. The van der Waals surface area contributed by atoms with Crippen LogP contribution in [-0.4, -0.2) is 38.8 Å². The lowest BCUT2D eigenvalue weighted by atomic mass is 9.96. The highest BCUT2D eigenvalue weighted by atomic mass is 79.9. The van der Waals surface area contributed by atoms with Gasteiger partial charge in [0.1, 0.15) is 6.07 Å². The number of nitrogens with zero attached hydrogens (tertiary/aromatic N) is 3. The second-order valence-electron chi connectivity index (χ2n) is 7.11. The standard InChI is InChI=1S/C21H22BrN3O3S/c1-15-13-18(22)7-8-19(15)24(2)21(26)16-9-11-25(12-10-16)29(27,28)20-6-4-3-5-17(20)14-23/h3-8,13,16H,9-12H2,1-2H3. The molecule has 0 spiro atoms. The number of nitriles is 1. The molecule has 2 aromatic rings. The van der Waals surface area contributed by atoms with E-state index in [1.807, 2.05) is 31.2 Å². The fourth-order valence-corrected chi connectivity index (χ4v) is 5.74. The highest BCUT2D eigenvalue weighted by molar-refractivity contribution is 9.10. The van der Waals surface area contributed by atoms with E-state index in [9.17, 15) is 18.5 Å². The third-order valence-electron chi connectivity index (χ3n) is 5.28. The number of sulfonamides is 1. The van der Waals surface area contributed by atoms with Gasteiger partial charge in [-0.1, -0.05) is 28.1 Å². The zero-order chi connectivity index (χ0) is 21.2. The number of amides is 1. The first-order valence-corrected chi connectivity index (χ1v) is 11.5. The fraction of sp³-hybridized carbons (Fsp3) is 0.333. The van der Waals surface area contributed by atoms with E-state index in [2.05, 4.69) is 15.9 Å². The molecule has 0 N–H and O–H groups in total. The van der Waals surface area contributed by atoms with Crippen LogP contribution in [-0.2, 0) is 14.8 Å². The minimum atomic E-state index is -3.76. The highest BCUT2D eigenvalue weighted by Crippen LogP contribution is 2.29. The molecule has 1 aliphatic rings. The molecule has 1 saturated heterocycles. The Balaban J connectivity index is 1.71. The van der Waals surface area contributed by atoms with Gasteiger partial charge in [-0.3, -0.25) is 4.79 Å². The molecule has 2 aromatic carbocycles. The van der Waals surface area contributed by atoms with E-state index in [1.54, 1.807) is 24.1 Å². The molecule has 1 aliphatic heterocycles. The molecule has 8 heteroatoms. The number of piperidine rings is 1. The van der Waals surface area contributed by atoms with Crippen molar-refractivity contribution in [2.24, 2.45) is 5.92 Å². The summed E-state index contributed by atoms with van der Waals surface area (Å²) < 4.78 is 28.2. The number of benzene rings is 2. The molecular weight excluding hydrogens is 454 g/mol. The van der Waals surface area contributed by atoms with Crippen molar-refractivity contribution in [2.45, 2.75) is 24.7 Å². The first-order valence-electron chi connectivity index (χ1n) is 9.28. The molecule has 1 amide bonds. The maximum absolute atomic E-state index is 13.0. The Morgan fingerprint density at radius 2 is 1.86 bits per heavy atom. The SMILES string of the molecule is Cc1cc(Br)ccc1N(C)C(=O)C1CCN(S(=O)(=O)c2ccccc2C#N)CC1. The van der Waals surface area contributed by atoms with Crippen molar-refractivity contribution < 1.29 is 13.2 Å². The average molecular weight is 476 g/mol. The van der Waals surface area contributed by atoms with Gasteiger partial charge >= 0.3 is 0 Å². The molecule has 1 heterocycles. The Morgan fingerprint density at radius 3 is 2.48 bits per heavy atom. The van der Waals surface area contributed by atoms with Crippen LogP contribution < -0.4 is 4.90 Å². The third kappa shape index (κ3) is 4.37. The van der Waals surface area contributed by atoms with E-state index in [4.69, 9.17) is 0 Å². The van der Waals surface area contributed by atoms with Crippen LogP contribution in [0.4, 0.5) is 5.69 Å². The fourth-order valence-electron chi connectivity index (χ4n) is 3.65. The molecule has 0 bridgehead atoms. The van der Waals surface area contributed by atoms with E-state index in [0.717, 1.165) is 15.7 Å². The van der Waals surface area contributed by atoms with Crippen molar-refractivity contribution in [3.63, 3.8) is 0 Å². The molecule has 1 fully saturated rings. The van der Waals surface area contributed by atoms with Crippen molar-refractivity contribution in [3.05, 3.63) is 58.1 Å². The van der Waals surface area contributed by atoms with E-state index in [0.29, 0.717) is 12.8 Å². The smallest absolute Gasteiger partial charge is 0.244 e. The van der Waals surface area contributed by atoms with E-state index < -0.39 is 10.0 Å². The van der Waals surface area contributed by atoms with Gasteiger partial charge in [-0.05, 0) is 55.7 Å². The third-order valence-corrected chi connectivity index (χ3v) is 7.73. The van der Waals surface area contributed by atoms with Gasteiger partial charge in [-0.25, -0.2) is 8.42 Å². The summed E-state index contributed by atoms with van der Waals surface area (Å²) in [6, 6.07) is 13.9. The lowest BCUT2D eigenvalue weighted by Crippen LogP contribution is -2.43. The number of halogens is 1. The summed E-state index contributed by atoms with van der Waals surface area (Å²) >= 11 is 3.43. The van der Waals surface area contributed by atoms with Gasteiger partial charge in [0.25, 0.3) is 0 Å². The van der Waals surface area contributed by atoms with Crippen LogP contribution >= 0.6 is 15.9 Å². The number of hydrogen-bond acceptors (Lipinski definition) is 4.